The topological polar surface area (TPSA) is 34.9 Å². The van der Waals surface area contributed by atoms with Crippen LogP contribution in [-0.4, -0.2) is 14.7 Å². The van der Waals surface area contributed by atoms with Gasteiger partial charge in [0.05, 0.1) is 11.6 Å². The first kappa shape index (κ1) is 18.3. The number of aromatic nitrogens is 2. The second kappa shape index (κ2) is 8.28. The van der Waals surface area contributed by atoms with Crippen LogP contribution in [0.5, 0.6) is 0 Å². The minimum Gasteiger partial charge on any atom is -0.336 e. The highest BCUT2D eigenvalue weighted by Gasteiger charge is 2.21. The molecule has 0 saturated carbocycles. The summed E-state index contributed by atoms with van der Waals surface area (Å²) in [5.41, 5.74) is 1.40. The van der Waals surface area contributed by atoms with Crippen LogP contribution in [0.25, 0.3) is 0 Å². The fraction of sp³-hybridized carbons (Fsp3) is 0.111. The van der Waals surface area contributed by atoms with Crippen LogP contribution in [0.3, 0.4) is 0 Å². The van der Waals surface area contributed by atoms with Gasteiger partial charge >= 0.3 is 0 Å². The number of nitrogens with zero attached hydrogens (tertiary/aromatic N) is 2. The lowest BCUT2D eigenvalue weighted by molar-refractivity contribution is 0.108. The molecule has 0 bridgehead atoms. The van der Waals surface area contributed by atoms with Crippen LogP contribution in [0, 0.1) is 0 Å². The van der Waals surface area contributed by atoms with E-state index >= 15 is 0 Å². The van der Waals surface area contributed by atoms with Crippen molar-refractivity contribution in [3.8, 4) is 0 Å². The van der Waals surface area contributed by atoms with E-state index in [4.69, 9.17) is 34.8 Å². The summed E-state index contributed by atoms with van der Waals surface area (Å²) in [6.07, 6.45) is 5.26. The highest BCUT2D eigenvalue weighted by atomic mass is 35.5. The van der Waals surface area contributed by atoms with E-state index in [2.05, 4.69) is 4.98 Å². The molecule has 1 heterocycles. The number of thioether (sulfide) groups is 1. The molecular weight excluding hydrogens is 399 g/mol. The molecule has 1 unspecified atom stereocenters. The predicted octanol–water partition coefficient (Wildman–Crippen LogP) is 6.16. The fourth-order valence-corrected chi connectivity index (χ4v) is 4.26. The first-order valence-corrected chi connectivity index (χ1v) is 9.41. The largest absolute Gasteiger partial charge is 0.336 e. The molecule has 1 atom stereocenters. The van der Waals surface area contributed by atoms with Gasteiger partial charge in [0.1, 0.15) is 0 Å². The molecule has 0 fully saturated rings. The van der Waals surface area contributed by atoms with E-state index in [-0.39, 0.29) is 10.4 Å². The minimum absolute atomic E-state index is 0.0707. The number of hydrogen-bond donors (Lipinski definition) is 0. The lowest BCUT2D eigenvalue weighted by Gasteiger charge is -2.18. The van der Waals surface area contributed by atoms with Gasteiger partial charge in [-0.1, -0.05) is 64.8 Å². The summed E-state index contributed by atoms with van der Waals surface area (Å²) in [6.45, 7) is 0.554. The Labute approximate surface area is 164 Å². The van der Waals surface area contributed by atoms with Gasteiger partial charge in [0, 0.05) is 39.6 Å². The van der Waals surface area contributed by atoms with E-state index in [0.29, 0.717) is 27.2 Å². The van der Waals surface area contributed by atoms with Crippen molar-refractivity contribution in [2.24, 2.45) is 0 Å². The van der Waals surface area contributed by atoms with E-state index in [9.17, 15) is 4.79 Å². The highest BCUT2D eigenvalue weighted by Crippen LogP contribution is 2.38. The van der Waals surface area contributed by atoms with Crippen molar-refractivity contribution in [2.75, 3.05) is 0 Å². The maximum absolute atomic E-state index is 12.7. The molecule has 0 aliphatic rings. The third-order valence-corrected chi connectivity index (χ3v) is 5.49. The van der Waals surface area contributed by atoms with E-state index in [1.54, 1.807) is 48.9 Å². The zero-order valence-corrected chi connectivity index (χ0v) is 16.0. The molecule has 0 radical (unpaired) electrons. The average molecular weight is 412 g/mol. The summed E-state index contributed by atoms with van der Waals surface area (Å²) in [5.74, 6) is 0. The molecule has 0 aliphatic carbocycles. The lowest BCUT2D eigenvalue weighted by Crippen LogP contribution is -2.09. The van der Waals surface area contributed by atoms with Crippen LogP contribution >= 0.6 is 46.6 Å². The van der Waals surface area contributed by atoms with Gasteiger partial charge in [-0.25, -0.2) is 4.98 Å². The summed E-state index contributed by atoms with van der Waals surface area (Å²) in [4.78, 5) is 16.7. The van der Waals surface area contributed by atoms with Crippen LogP contribution in [0.1, 0.15) is 21.2 Å². The number of carbonyl (C=O) groups excluding carboxylic acids is 1. The molecular formula is C18H13Cl3N2OS. The Morgan fingerprint density at radius 2 is 1.92 bits per heavy atom. The average Bonchev–Trinajstić information content (AvgIpc) is 3.07. The fourth-order valence-electron chi connectivity index (χ4n) is 2.36. The number of imidazole rings is 1. The van der Waals surface area contributed by atoms with Gasteiger partial charge in [-0.3, -0.25) is 4.79 Å². The zero-order valence-electron chi connectivity index (χ0n) is 12.9. The third kappa shape index (κ3) is 4.79. The summed E-state index contributed by atoms with van der Waals surface area (Å²) < 4.78 is 1.91. The quantitative estimate of drug-likeness (QED) is 0.504. The second-order valence-electron chi connectivity index (χ2n) is 5.33. The number of benzene rings is 2. The molecule has 0 amide bonds. The molecule has 2 aromatic carbocycles. The SMILES string of the molecule is O=C(SC(Cn1ccnc1)c1ccc(Cl)cc1Cl)c1cccc(Cl)c1. The van der Waals surface area contributed by atoms with Crippen LogP contribution in [0.4, 0.5) is 0 Å². The van der Waals surface area contributed by atoms with Gasteiger partial charge < -0.3 is 4.57 Å². The molecule has 0 saturated heterocycles. The monoisotopic (exact) mass is 410 g/mol. The third-order valence-electron chi connectivity index (χ3n) is 3.55. The Bertz CT molecular complexity index is 884. The Hall–Kier alpha value is -1.46. The number of halogens is 3. The first-order valence-electron chi connectivity index (χ1n) is 7.40. The van der Waals surface area contributed by atoms with Gasteiger partial charge in [0.15, 0.2) is 0 Å². The second-order valence-corrected chi connectivity index (χ2v) is 7.79. The summed E-state index contributed by atoms with van der Waals surface area (Å²) >= 11 is 19.6. The van der Waals surface area contributed by atoms with Crippen LogP contribution in [-0.2, 0) is 6.54 Å². The van der Waals surface area contributed by atoms with Gasteiger partial charge in [-0.2, -0.15) is 0 Å². The molecule has 0 aliphatic heterocycles. The van der Waals surface area contributed by atoms with E-state index in [1.165, 1.54) is 11.8 Å². The zero-order chi connectivity index (χ0) is 17.8. The molecule has 3 aromatic rings. The Morgan fingerprint density at radius 3 is 2.60 bits per heavy atom. The smallest absolute Gasteiger partial charge is 0.220 e. The predicted molar refractivity (Wildman–Crippen MR) is 105 cm³/mol. The van der Waals surface area contributed by atoms with Crippen LogP contribution < -0.4 is 0 Å². The van der Waals surface area contributed by atoms with Crippen molar-refractivity contribution in [3.05, 3.63) is 87.4 Å². The van der Waals surface area contributed by atoms with Crippen molar-refractivity contribution in [2.45, 2.75) is 11.8 Å². The summed E-state index contributed by atoms with van der Waals surface area (Å²) in [5, 5.41) is 1.36. The van der Waals surface area contributed by atoms with Gasteiger partial charge in [0.2, 0.25) is 5.12 Å². The normalized spacial score (nSPS) is 12.1. The molecule has 3 rings (SSSR count). The number of hydrogen-bond acceptors (Lipinski definition) is 3. The first-order chi connectivity index (χ1) is 12.0. The van der Waals surface area contributed by atoms with Crippen molar-refractivity contribution < 1.29 is 4.79 Å². The molecule has 25 heavy (non-hydrogen) atoms. The molecule has 0 N–H and O–H groups in total. The molecule has 128 valence electrons. The van der Waals surface area contributed by atoms with Gasteiger partial charge in [-0.15, -0.1) is 0 Å². The summed E-state index contributed by atoms with van der Waals surface area (Å²) in [6, 6.07) is 12.2. The Balaban J connectivity index is 1.89. The number of carbonyl (C=O) groups is 1. The standard InChI is InChI=1S/C18H13Cl3N2OS/c19-13-3-1-2-12(8-13)18(24)25-17(10-23-7-6-22-11-23)15-5-4-14(20)9-16(15)21/h1-9,11,17H,10H2. The molecule has 0 spiro atoms. The molecule has 7 heteroatoms. The molecule has 1 aromatic heterocycles. The van der Waals surface area contributed by atoms with Gasteiger partial charge in [0.25, 0.3) is 0 Å². The Kier molecular flexibility index (Phi) is 6.07. The van der Waals surface area contributed by atoms with Crippen molar-refractivity contribution in [1.82, 2.24) is 9.55 Å². The van der Waals surface area contributed by atoms with Crippen LogP contribution in [0.2, 0.25) is 15.1 Å². The Morgan fingerprint density at radius 1 is 1.12 bits per heavy atom. The maximum Gasteiger partial charge on any atom is 0.220 e. The van der Waals surface area contributed by atoms with E-state index in [0.717, 1.165) is 5.56 Å². The van der Waals surface area contributed by atoms with Crippen molar-refractivity contribution in [3.63, 3.8) is 0 Å². The van der Waals surface area contributed by atoms with Gasteiger partial charge in [-0.05, 0) is 29.8 Å². The van der Waals surface area contributed by atoms with Crippen LogP contribution in [0.15, 0.2) is 61.2 Å². The highest BCUT2D eigenvalue weighted by molar-refractivity contribution is 8.14. The van der Waals surface area contributed by atoms with E-state index < -0.39 is 0 Å². The van der Waals surface area contributed by atoms with Crippen molar-refractivity contribution >= 4 is 51.7 Å². The maximum atomic E-state index is 12.7. The van der Waals surface area contributed by atoms with E-state index in [1.807, 2.05) is 16.8 Å². The number of rotatable bonds is 5. The molecule has 3 nitrogen and oxygen atoms in total. The minimum atomic E-state index is -0.189. The summed E-state index contributed by atoms with van der Waals surface area (Å²) in [7, 11) is 0. The van der Waals surface area contributed by atoms with Crippen molar-refractivity contribution in [1.29, 1.82) is 0 Å². The lowest BCUT2D eigenvalue weighted by atomic mass is 10.1.